The molecule has 1 unspecified atom stereocenters. The maximum absolute atomic E-state index is 12.5. The Kier molecular flexibility index (Phi) is 5.18. The molecule has 0 aliphatic carbocycles. The Morgan fingerprint density at radius 3 is 2.71 bits per heavy atom. The Hall–Kier alpha value is -3.58. The highest BCUT2D eigenvalue weighted by atomic mass is 32.1. The van der Waals surface area contributed by atoms with Gasteiger partial charge in [-0.2, -0.15) is 0 Å². The van der Waals surface area contributed by atoms with Crippen molar-refractivity contribution in [2.75, 3.05) is 12.1 Å². The van der Waals surface area contributed by atoms with E-state index in [1.54, 1.807) is 11.3 Å². The zero-order valence-corrected chi connectivity index (χ0v) is 17.7. The van der Waals surface area contributed by atoms with Crippen molar-refractivity contribution in [3.05, 3.63) is 72.3 Å². The predicted octanol–water partition coefficient (Wildman–Crippen LogP) is 4.81. The summed E-state index contributed by atoms with van der Waals surface area (Å²) in [7, 11) is 0. The van der Waals surface area contributed by atoms with Crippen molar-refractivity contribution in [3.63, 3.8) is 0 Å². The van der Waals surface area contributed by atoms with Gasteiger partial charge in [0.2, 0.25) is 12.7 Å². The molecule has 1 aromatic heterocycles. The van der Waals surface area contributed by atoms with Crippen LogP contribution in [-0.2, 0) is 11.3 Å². The van der Waals surface area contributed by atoms with Crippen molar-refractivity contribution in [3.8, 4) is 22.1 Å². The topological polar surface area (TPSA) is 72.5 Å². The van der Waals surface area contributed by atoms with Gasteiger partial charge in [-0.3, -0.25) is 4.79 Å². The number of thiazole rings is 1. The third-order valence-corrected chi connectivity index (χ3v) is 6.19. The number of carbonyl (C=O) groups excluding carboxylic acids is 1. The molecule has 0 fully saturated rings. The Bertz CT molecular complexity index is 1200. The van der Waals surface area contributed by atoms with Gasteiger partial charge in [-0.05, 0) is 61.0 Å². The van der Waals surface area contributed by atoms with Crippen LogP contribution in [-0.4, -0.2) is 23.7 Å². The van der Waals surface area contributed by atoms with Gasteiger partial charge in [-0.15, -0.1) is 11.3 Å². The first-order valence-corrected chi connectivity index (χ1v) is 10.9. The Labute approximate surface area is 183 Å². The van der Waals surface area contributed by atoms with Crippen LogP contribution in [0.5, 0.6) is 11.5 Å². The van der Waals surface area contributed by atoms with Gasteiger partial charge in [0, 0.05) is 17.8 Å². The molecule has 0 saturated carbocycles. The molecule has 1 aliphatic heterocycles. The van der Waals surface area contributed by atoms with E-state index in [-0.39, 0.29) is 18.7 Å². The van der Waals surface area contributed by atoms with Crippen molar-refractivity contribution in [2.45, 2.75) is 19.5 Å². The van der Waals surface area contributed by atoms with E-state index in [4.69, 9.17) is 14.5 Å². The van der Waals surface area contributed by atoms with Crippen molar-refractivity contribution in [1.82, 2.24) is 10.3 Å². The molecule has 6 nitrogen and oxygen atoms in total. The van der Waals surface area contributed by atoms with Crippen LogP contribution in [0.1, 0.15) is 12.5 Å². The molecule has 1 amide bonds. The molecule has 0 bridgehead atoms. The van der Waals surface area contributed by atoms with E-state index in [0.29, 0.717) is 12.3 Å². The SMILES string of the molecule is CC(Nc1ccc(-c2nc3ccccc3s2)cc1)C(=O)NCc1ccc2c(c1)OCO2. The van der Waals surface area contributed by atoms with E-state index in [1.165, 1.54) is 4.70 Å². The van der Waals surface area contributed by atoms with E-state index in [0.717, 1.165) is 33.1 Å². The average molecular weight is 432 g/mol. The minimum atomic E-state index is -0.373. The zero-order valence-electron chi connectivity index (χ0n) is 16.9. The Morgan fingerprint density at radius 1 is 1.06 bits per heavy atom. The lowest BCUT2D eigenvalue weighted by molar-refractivity contribution is -0.121. The van der Waals surface area contributed by atoms with E-state index in [2.05, 4.69) is 16.7 Å². The number of carbonyl (C=O) groups is 1. The minimum absolute atomic E-state index is 0.0760. The number of nitrogens with one attached hydrogen (secondary N) is 2. The maximum atomic E-state index is 12.5. The van der Waals surface area contributed by atoms with E-state index in [9.17, 15) is 4.79 Å². The van der Waals surface area contributed by atoms with Crippen LogP contribution >= 0.6 is 11.3 Å². The van der Waals surface area contributed by atoms with Crippen LogP contribution in [0.25, 0.3) is 20.8 Å². The summed E-state index contributed by atoms with van der Waals surface area (Å²) in [6, 6.07) is 21.4. The normalized spacial score (nSPS) is 13.2. The molecule has 2 heterocycles. The first-order valence-electron chi connectivity index (χ1n) is 10.0. The van der Waals surface area contributed by atoms with Gasteiger partial charge in [0.15, 0.2) is 11.5 Å². The van der Waals surface area contributed by atoms with Crippen molar-refractivity contribution < 1.29 is 14.3 Å². The standard InChI is InChI=1S/C24H21N3O3S/c1-15(23(28)25-13-16-6-11-20-21(12-16)30-14-29-20)26-18-9-7-17(8-10-18)24-27-19-4-2-3-5-22(19)31-24/h2-12,15,26H,13-14H2,1H3,(H,25,28). The lowest BCUT2D eigenvalue weighted by Gasteiger charge is -2.15. The summed E-state index contributed by atoms with van der Waals surface area (Å²) in [5, 5.41) is 7.20. The van der Waals surface area contributed by atoms with Crippen molar-refractivity contribution in [2.24, 2.45) is 0 Å². The fraction of sp³-hybridized carbons (Fsp3) is 0.167. The minimum Gasteiger partial charge on any atom is -0.454 e. The van der Waals surface area contributed by atoms with Crippen LogP contribution in [0, 0.1) is 0 Å². The molecule has 4 aromatic rings. The number of benzene rings is 3. The van der Waals surface area contributed by atoms with Crippen molar-refractivity contribution >= 4 is 33.1 Å². The van der Waals surface area contributed by atoms with Gasteiger partial charge >= 0.3 is 0 Å². The number of rotatable bonds is 6. The van der Waals surface area contributed by atoms with Gasteiger partial charge in [-0.1, -0.05) is 18.2 Å². The van der Waals surface area contributed by atoms with Crippen LogP contribution in [0.3, 0.4) is 0 Å². The number of hydrogen-bond acceptors (Lipinski definition) is 6. The lowest BCUT2D eigenvalue weighted by Crippen LogP contribution is -2.37. The van der Waals surface area contributed by atoms with Crippen molar-refractivity contribution in [1.29, 1.82) is 0 Å². The molecule has 0 radical (unpaired) electrons. The summed E-state index contributed by atoms with van der Waals surface area (Å²) in [6.07, 6.45) is 0. The summed E-state index contributed by atoms with van der Waals surface area (Å²) in [5.74, 6) is 1.37. The molecule has 156 valence electrons. The van der Waals surface area contributed by atoms with Crippen LogP contribution < -0.4 is 20.1 Å². The fourth-order valence-corrected chi connectivity index (χ4v) is 4.38. The molecule has 31 heavy (non-hydrogen) atoms. The first kappa shape index (κ1) is 19.4. The Balaban J connectivity index is 1.18. The highest BCUT2D eigenvalue weighted by Crippen LogP contribution is 2.32. The van der Waals surface area contributed by atoms with Crippen LogP contribution in [0.2, 0.25) is 0 Å². The third-order valence-electron chi connectivity index (χ3n) is 5.11. The molecule has 3 aromatic carbocycles. The summed E-state index contributed by atoms with van der Waals surface area (Å²) in [5.41, 5.74) is 3.92. The van der Waals surface area contributed by atoms with E-state index >= 15 is 0 Å². The average Bonchev–Trinajstić information content (AvgIpc) is 3.44. The number of ether oxygens (including phenoxy) is 2. The van der Waals surface area contributed by atoms with Gasteiger partial charge < -0.3 is 20.1 Å². The monoisotopic (exact) mass is 431 g/mol. The van der Waals surface area contributed by atoms with Crippen LogP contribution in [0.15, 0.2) is 66.7 Å². The second kappa shape index (κ2) is 8.28. The number of nitrogens with zero attached hydrogens (tertiary/aromatic N) is 1. The maximum Gasteiger partial charge on any atom is 0.242 e. The molecule has 7 heteroatoms. The number of fused-ring (bicyclic) bond motifs is 2. The first-order chi connectivity index (χ1) is 15.2. The summed E-state index contributed by atoms with van der Waals surface area (Å²) in [6.45, 7) is 2.51. The number of anilines is 1. The molecule has 2 N–H and O–H groups in total. The quantitative estimate of drug-likeness (QED) is 0.458. The summed E-state index contributed by atoms with van der Waals surface area (Å²) >= 11 is 1.67. The highest BCUT2D eigenvalue weighted by molar-refractivity contribution is 7.21. The van der Waals surface area contributed by atoms with Gasteiger partial charge in [0.05, 0.1) is 10.2 Å². The second-order valence-electron chi connectivity index (χ2n) is 7.34. The molecular formula is C24H21N3O3S. The van der Waals surface area contributed by atoms with Gasteiger partial charge in [-0.25, -0.2) is 4.98 Å². The molecule has 0 saturated heterocycles. The van der Waals surface area contributed by atoms with E-state index < -0.39 is 0 Å². The molecule has 1 atom stereocenters. The van der Waals surface area contributed by atoms with E-state index in [1.807, 2.05) is 67.6 Å². The summed E-state index contributed by atoms with van der Waals surface area (Å²) < 4.78 is 11.9. The Morgan fingerprint density at radius 2 is 1.87 bits per heavy atom. The predicted molar refractivity (Wildman–Crippen MR) is 123 cm³/mol. The molecule has 1 aliphatic rings. The second-order valence-corrected chi connectivity index (χ2v) is 8.37. The largest absolute Gasteiger partial charge is 0.454 e. The lowest BCUT2D eigenvalue weighted by atomic mass is 10.2. The fourth-order valence-electron chi connectivity index (χ4n) is 3.41. The molecule has 5 rings (SSSR count). The highest BCUT2D eigenvalue weighted by Gasteiger charge is 2.15. The number of para-hydroxylation sites is 1. The number of amides is 1. The summed E-state index contributed by atoms with van der Waals surface area (Å²) in [4.78, 5) is 17.2. The number of hydrogen-bond donors (Lipinski definition) is 2. The molecule has 0 spiro atoms. The number of aromatic nitrogens is 1. The smallest absolute Gasteiger partial charge is 0.242 e. The van der Waals surface area contributed by atoms with Gasteiger partial charge in [0.1, 0.15) is 11.0 Å². The van der Waals surface area contributed by atoms with Gasteiger partial charge in [0.25, 0.3) is 0 Å². The third kappa shape index (κ3) is 4.18. The zero-order chi connectivity index (χ0) is 21.2. The van der Waals surface area contributed by atoms with Crippen LogP contribution in [0.4, 0.5) is 5.69 Å². The molecular weight excluding hydrogens is 410 g/mol.